The monoisotopic (exact) mass is 356 g/mol. The van der Waals surface area contributed by atoms with Gasteiger partial charge in [0.15, 0.2) is 6.17 Å². The number of nitrogens with zero attached hydrogens (tertiary/aromatic N) is 1. The van der Waals surface area contributed by atoms with Gasteiger partial charge in [-0.25, -0.2) is 0 Å². The molecule has 1 aliphatic rings. The lowest BCUT2D eigenvalue weighted by molar-refractivity contribution is -0.185. The predicted molar refractivity (Wildman–Crippen MR) is 85.7 cm³/mol. The van der Waals surface area contributed by atoms with E-state index in [0.717, 1.165) is 5.56 Å². The van der Waals surface area contributed by atoms with Crippen LogP contribution in [0.5, 0.6) is 5.75 Å². The Kier molecular flexibility index (Phi) is 4.71. The summed E-state index contributed by atoms with van der Waals surface area (Å²) in [5.41, 5.74) is 6.86. The lowest BCUT2D eigenvalue weighted by Crippen LogP contribution is -2.52. The number of halogens is 4. The van der Waals surface area contributed by atoms with Crippen molar-refractivity contribution < 1.29 is 17.9 Å². The van der Waals surface area contributed by atoms with Crippen LogP contribution in [-0.2, 0) is 6.54 Å². The smallest absolute Gasteiger partial charge is 0.417 e. The van der Waals surface area contributed by atoms with Crippen molar-refractivity contribution in [1.29, 1.82) is 0 Å². The van der Waals surface area contributed by atoms with Crippen molar-refractivity contribution >= 4 is 11.6 Å². The van der Waals surface area contributed by atoms with Gasteiger partial charge in [0.05, 0.1) is 0 Å². The Bertz CT molecular complexity index is 706. The number of alkyl halides is 3. The van der Waals surface area contributed by atoms with E-state index in [9.17, 15) is 13.2 Å². The third-order valence-electron chi connectivity index (χ3n) is 3.99. The van der Waals surface area contributed by atoms with Crippen molar-refractivity contribution in [2.24, 2.45) is 5.73 Å². The second-order valence-electron chi connectivity index (χ2n) is 5.68. The van der Waals surface area contributed by atoms with E-state index in [2.05, 4.69) is 0 Å². The number of nitrogens with two attached hydrogens (primary N) is 1. The maximum Gasteiger partial charge on any atom is 0.417 e. The zero-order valence-corrected chi connectivity index (χ0v) is 13.4. The molecule has 0 amide bonds. The molecule has 3 rings (SSSR count). The predicted octanol–water partition coefficient (Wildman–Crippen LogP) is 4.12. The number of hydrogen-bond donors (Lipinski definition) is 1. The van der Waals surface area contributed by atoms with Gasteiger partial charge in [-0.1, -0.05) is 41.9 Å². The quantitative estimate of drug-likeness (QED) is 0.879. The van der Waals surface area contributed by atoms with Gasteiger partial charge in [0.25, 0.3) is 0 Å². The Hall–Kier alpha value is -1.76. The largest absolute Gasteiger partial charge is 0.484 e. The van der Waals surface area contributed by atoms with Crippen molar-refractivity contribution in [3.05, 3.63) is 64.7 Å². The van der Waals surface area contributed by atoms with Crippen LogP contribution in [0.1, 0.15) is 17.2 Å². The van der Waals surface area contributed by atoms with Crippen LogP contribution in [-0.4, -0.2) is 23.8 Å². The summed E-state index contributed by atoms with van der Waals surface area (Å²) in [5.74, 6) is 0.564. The first-order chi connectivity index (χ1) is 11.3. The summed E-state index contributed by atoms with van der Waals surface area (Å²) in [6, 6.07) is 13.9. The highest BCUT2D eigenvalue weighted by Gasteiger charge is 2.42. The Morgan fingerprint density at radius 3 is 2.46 bits per heavy atom. The third-order valence-corrected chi connectivity index (χ3v) is 4.24. The average molecular weight is 357 g/mol. The fraction of sp³-hybridized carbons (Fsp3) is 0.294. The highest BCUT2D eigenvalue weighted by atomic mass is 35.5. The van der Waals surface area contributed by atoms with Gasteiger partial charge in [0.2, 0.25) is 0 Å². The number of ether oxygens (including phenoxy) is 1. The summed E-state index contributed by atoms with van der Waals surface area (Å²) < 4.78 is 45.3. The van der Waals surface area contributed by atoms with E-state index in [-0.39, 0.29) is 13.1 Å². The summed E-state index contributed by atoms with van der Waals surface area (Å²) in [4.78, 5) is 1.19. The van der Waals surface area contributed by atoms with Crippen LogP contribution in [0.4, 0.5) is 13.2 Å². The highest BCUT2D eigenvalue weighted by Crippen LogP contribution is 2.34. The minimum atomic E-state index is -4.51. The molecule has 2 atom stereocenters. The molecule has 0 saturated carbocycles. The number of rotatable bonds is 2. The Morgan fingerprint density at radius 1 is 1.12 bits per heavy atom. The summed E-state index contributed by atoms with van der Waals surface area (Å²) in [6.45, 7) is 0.0952. The zero-order chi connectivity index (χ0) is 17.3. The maximum atomic E-state index is 13.1. The fourth-order valence-corrected chi connectivity index (χ4v) is 2.83. The SMILES string of the molecule is NC(N1Cc2ccccc2OC(c2ccc(Cl)cc2)C1)C(F)(F)F. The van der Waals surface area contributed by atoms with E-state index >= 15 is 0 Å². The van der Waals surface area contributed by atoms with Crippen LogP contribution in [0.3, 0.4) is 0 Å². The first-order valence-corrected chi connectivity index (χ1v) is 7.79. The van der Waals surface area contributed by atoms with Gasteiger partial charge < -0.3 is 10.5 Å². The number of para-hydroxylation sites is 1. The molecule has 24 heavy (non-hydrogen) atoms. The second-order valence-corrected chi connectivity index (χ2v) is 6.12. The Balaban J connectivity index is 1.96. The molecular formula is C17H16ClF3N2O. The van der Waals surface area contributed by atoms with Gasteiger partial charge in [0, 0.05) is 23.7 Å². The van der Waals surface area contributed by atoms with E-state index in [1.54, 1.807) is 48.5 Å². The van der Waals surface area contributed by atoms with Crippen molar-refractivity contribution in [1.82, 2.24) is 4.90 Å². The number of fused-ring (bicyclic) bond motifs is 1. The van der Waals surface area contributed by atoms with Gasteiger partial charge in [-0.05, 0) is 23.8 Å². The molecule has 128 valence electrons. The molecule has 0 saturated heterocycles. The summed E-state index contributed by atoms with van der Waals surface area (Å²) in [6.07, 6.45) is -7.13. The lowest BCUT2D eigenvalue weighted by Gasteiger charge is -2.30. The number of benzene rings is 2. The molecule has 1 aliphatic heterocycles. The molecule has 0 radical (unpaired) electrons. The molecule has 0 bridgehead atoms. The van der Waals surface area contributed by atoms with Crippen LogP contribution in [0, 0.1) is 0 Å². The van der Waals surface area contributed by atoms with Crippen LogP contribution in [0.25, 0.3) is 0 Å². The van der Waals surface area contributed by atoms with E-state index in [1.165, 1.54) is 4.90 Å². The molecule has 2 aromatic rings. The highest BCUT2D eigenvalue weighted by molar-refractivity contribution is 6.30. The molecule has 0 fully saturated rings. The van der Waals surface area contributed by atoms with Crippen LogP contribution >= 0.6 is 11.6 Å². The first kappa shape index (κ1) is 17.1. The minimum absolute atomic E-state index is 0.0248. The van der Waals surface area contributed by atoms with Gasteiger partial charge >= 0.3 is 6.18 Å². The van der Waals surface area contributed by atoms with Gasteiger partial charge in [0.1, 0.15) is 11.9 Å². The third kappa shape index (κ3) is 3.66. The molecule has 7 heteroatoms. The molecular weight excluding hydrogens is 341 g/mol. The topological polar surface area (TPSA) is 38.5 Å². The van der Waals surface area contributed by atoms with Gasteiger partial charge in [-0.15, -0.1) is 0 Å². The van der Waals surface area contributed by atoms with E-state index in [0.29, 0.717) is 16.3 Å². The Morgan fingerprint density at radius 2 is 1.79 bits per heavy atom. The summed E-state index contributed by atoms with van der Waals surface area (Å²) in [5, 5.41) is 0.552. The van der Waals surface area contributed by atoms with E-state index in [1.807, 2.05) is 0 Å². The maximum absolute atomic E-state index is 13.1. The van der Waals surface area contributed by atoms with Gasteiger partial charge in [-0.2, -0.15) is 13.2 Å². The fourth-order valence-electron chi connectivity index (χ4n) is 2.71. The summed E-state index contributed by atoms with van der Waals surface area (Å²) >= 11 is 5.88. The molecule has 0 aliphatic carbocycles. The van der Waals surface area contributed by atoms with Crippen molar-refractivity contribution in [2.45, 2.75) is 25.0 Å². The van der Waals surface area contributed by atoms with Crippen molar-refractivity contribution in [3.8, 4) is 5.75 Å². The van der Waals surface area contributed by atoms with E-state index in [4.69, 9.17) is 22.1 Å². The second kappa shape index (κ2) is 6.63. The average Bonchev–Trinajstić information content (AvgIpc) is 2.73. The van der Waals surface area contributed by atoms with Crippen molar-refractivity contribution in [2.75, 3.05) is 6.54 Å². The van der Waals surface area contributed by atoms with Crippen LogP contribution in [0.15, 0.2) is 48.5 Å². The lowest BCUT2D eigenvalue weighted by atomic mass is 10.1. The van der Waals surface area contributed by atoms with Gasteiger partial charge in [-0.3, -0.25) is 4.90 Å². The first-order valence-electron chi connectivity index (χ1n) is 7.41. The molecule has 2 N–H and O–H groups in total. The zero-order valence-electron chi connectivity index (χ0n) is 12.6. The number of hydrogen-bond acceptors (Lipinski definition) is 3. The van der Waals surface area contributed by atoms with E-state index < -0.39 is 18.4 Å². The normalized spacial score (nSPS) is 20.0. The molecule has 0 spiro atoms. The van der Waals surface area contributed by atoms with Crippen molar-refractivity contribution in [3.63, 3.8) is 0 Å². The molecule has 2 unspecified atom stereocenters. The Labute approximate surface area is 142 Å². The minimum Gasteiger partial charge on any atom is -0.484 e. The van der Waals surface area contributed by atoms with Crippen LogP contribution < -0.4 is 10.5 Å². The standard InChI is InChI=1S/C17H16ClF3N2O/c18-13-7-5-11(6-8-13)15-10-23(16(22)17(19,20)21)9-12-3-1-2-4-14(12)24-15/h1-8,15-16H,9-10,22H2. The summed E-state index contributed by atoms with van der Waals surface area (Å²) in [7, 11) is 0. The van der Waals surface area contributed by atoms with Crippen LogP contribution in [0.2, 0.25) is 5.02 Å². The molecule has 0 aromatic heterocycles. The molecule has 3 nitrogen and oxygen atoms in total. The molecule has 2 aromatic carbocycles. The molecule has 1 heterocycles.